The van der Waals surface area contributed by atoms with Crippen LogP contribution in [0.1, 0.15) is 59.1 Å². The lowest BCUT2D eigenvalue weighted by molar-refractivity contribution is 0.414. The lowest BCUT2D eigenvalue weighted by Gasteiger charge is -2.13. The van der Waals surface area contributed by atoms with Gasteiger partial charge in [0.05, 0.1) is 24.1 Å². The molecule has 3 aromatic heterocycles. The molecule has 0 atom stereocenters. The van der Waals surface area contributed by atoms with E-state index in [1.165, 1.54) is 38.9 Å². The zero-order chi connectivity index (χ0) is 25.6. The molecule has 5 aromatic rings. The second kappa shape index (κ2) is 9.45. The van der Waals surface area contributed by atoms with Crippen LogP contribution in [0.5, 0.6) is 5.75 Å². The van der Waals surface area contributed by atoms with Crippen molar-refractivity contribution in [3.63, 3.8) is 0 Å². The Bertz CT molecular complexity index is 1550. The average Bonchev–Trinajstić information content (AvgIpc) is 3.36. The maximum Gasteiger partial charge on any atom is 0.165 e. The number of hydrogen-bond donors (Lipinski definition) is 0. The maximum absolute atomic E-state index is 5.38. The molecule has 0 saturated heterocycles. The molecule has 2 aromatic carbocycles. The Kier molecular flexibility index (Phi) is 6.33. The van der Waals surface area contributed by atoms with E-state index in [9.17, 15) is 0 Å². The summed E-state index contributed by atoms with van der Waals surface area (Å²) in [6.45, 7) is 13.8. The topological polar surface area (TPSA) is 44.4 Å². The minimum absolute atomic E-state index is 0.780. The van der Waals surface area contributed by atoms with E-state index < -0.39 is 0 Å². The molecule has 36 heavy (non-hydrogen) atoms. The summed E-state index contributed by atoms with van der Waals surface area (Å²) >= 11 is 0. The zero-order valence-electron chi connectivity index (χ0n) is 22.6. The third kappa shape index (κ3) is 4.06. The first-order chi connectivity index (χ1) is 17.3. The molecule has 0 aliphatic rings. The minimum atomic E-state index is 0.780. The van der Waals surface area contributed by atoms with E-state index >= 15 is 0 Å². The van der Waals surface area contributed by atoms with E-state index in [1.54, 1.807) is 7.11 Å². The number of ether oxygens (including phenoxy) is 1. The standard InChI is InChI=1S/C31H36N4O/c1-8-9-10-25-17-27-22(5)32-30-29(28-20(3)15-19(2)16-21(28)4)23(6)33-35(30)31(27)34(25)18-24-11-13-26(36-7)14-12-24/h11-17H,8-10,18H2,1-7H3. The monoisotopic (exact) mass is 480 g/mol. The molecule has 0 fully saturated rings. The molecular formula is C31H36N4O. The third-order valence-electron chi connectivity index (χ3n) is 7.27. The van der Waals surface area contributed by atoms with Gasteiger partial charge in [-0.2, -0.15) is 9.61 Å². The molecule has 5 nitrogen and oxygen atoms in total. The van der Waals surface area contributed by atoms with E-state index in [1.807, 2.05) is 12.1 Å². The zero-order valence-corrected chi connectivity index (χ0v) is 22.6. The van der Waals surface area contributed by atoms with Crippen LogP contribution in [0.3, 0.4) is 0 Å². The smallest absolute Gasteiger partial charge is 0.165 e. The fourth-order valence-electron chi connectivity index (χ4n) is 5.59. The third-order valence-corrected chi connectivity index (χ3v) is 7.27. The van der Waals surface area contributed by atoms with E-state index in [4.69, 9.17) is 14.8 Å². The molecule has 5 heteroatoms. The van der Waals surface area contributed by atoms with E-state index in [2.05, 4.69) is 81.0 Å². The number of aryl methyl sites for hydroxylation is 6. The molecule has 0 amide bonds. The second-order valence-electron chi connectivity index (χ2n) is 10.1. The molecule has 0 radical (unpaired) electrons. The number of hydrogen-bond acceptors (Lipinski definition) is 3. The summed E-state index contributed by atoms with van der Waals surface area (Å²) < 4.78 is 9.91. The Morgan fingerprint density at radius 2 is 1.56 bits per heavy atom. The van der Waals surface area contributed by atoms with Crippen LogP contribution in [0.15, 0.2) is 42.5 Å². The number of benzene rings is 2. The van der Waals surface area contributed by atoms with Gasteiger partial charge in [0.2, 0.25) is 0 Å². The highest BCUT2D eigenvalue weighted by atomic mass is 16.5. The molecular weight excluding hydrogens is 444 g/mol. The van der Waals surface area contributed by atoms with Gasteiger partial charge in [-0.25, -0.2) is 4.98 Å². The Morgan fingerprint density at radius 3 is 2.19 bits per heavy atom. The highest BCUT2D eigenvalue weighted by Gasteiger charge is 2.22. The highest BCUT2D eigenvalue weighted by Crippen LogP contribution is 2.36. The molecule has 0 N–H and O–H groups in total. The number of methoxy groups -OCH3 is 1. The van der Waals surface area contributed by atoms with Gasteiger partial charge in [0.25, 0.3) is 0 Å². The number of aromatic nitrogens is 4. The average molecular weight is 481 g/mol. The van der Waals surface area contributed by atoms with Crippen molar-refractivity contribution in [3.05, 3.63) is 81.8 Å². The normalized spacial score (nSPS) is 11.6. The molecule has 0 spiro atoms. The van der Waals surface area contributed by atoms with Crippen molar-refractivity contribution in [2.45, 2.75) is 67.3 Å². The van der Waals surface area contributed by atoms with Crippen molar-refractivity contribution in [2.24, 2.45) is 0 Å². The van der Waals surface area contributed by atoms with Crippen LogP contribution in [0.2, 0.25) is 0 Å². The quantitative estimate of drug-likeness (QED) is 0.246. The number of rotatable bonds is 7. The summed E-state index contributed by atoms with van der Waals surface area (Å²) in [6.07, 6.45) is 3.35. The fourth-order valence-corrected chi connectivity index (χ4v) is 5.59. The molecule has 0 saturated carbocycles. The first-order valence-corrected chi connectivity index (χ1v) is 12.9. The molecule has 0 aliphatic carbocycles. The Balaban J connectivity index is 1.78. The second-order valence-corrected chi connectivity index (χ2v) is 10.1. The summed E-state index contributed by atoms with van der Waals surface area (Å²) in [4.78, 5) is 5.14. The van der Waals surface area contributed by atoms with Crippen LogP contribution in [-0.2, 0) is 13.0 Å². The molecule has 186 valence electrons. The van der Waals surface area contributed by atoms with Crippen LogP contribution < -0.4 is 4.74 Å². The van der Waals surface area contributed by atoms with Gasteiger partial charge in [-0.1, -0.05) is 43.2 Å². The molecule has 0 aliphatic heterocycles. The SMILES string of the molecule is CCCCc1cc2c(C)nc3c(-c4c(C)cc(C)cc4C)c(C)nn3c2n1Cc1ccc(OC)cc1. The summed E-state index contributed by atoms with van der Waals surface area (Å²) in [5.41, 5.74) is 12.9. The largest absolute Gasteiger partial charge is 0.497 e. The Morgan fingerprint density at radius 1 is 0.861 bits per heavy atom. The van der Waals surface area contributed by atoms with Gasteiger partial charge in [0.1, 0.15) is 11.4 Å². The van der Waals surface area contributed by atoms with Gasteiger partial charge in [-0.05, 0) is 87.9 Å². The van der Waals surface area contributed by atoms with Gasteiger partial charge in [0.15, 0.2) is 5.65 Å². The van der Waals surface area contributed by atoms with Crippen LogP contribution in [0.4, 0.5) is 0 Å². The predicted molar refractivity (Wildman–Crippen MR) is 148 cm³/mol. The highest BCUT2D eigenvalue weighted by molar-refractivity contribution is 5.90. The van der Waals surface area contributed by atoms with Crippen LogP contribution in [-0.4, -0.2) is 26.3 Å². The molecule has 3 heterocycles. The summed E-state index contributed by atoms with van der Waals surface area (Å²) in [5.74, 6) is 0.876. The maximum atomic E-state index is 5.38. The molecule has 0 unspecified atom stereocenters. The van der Waals surface area contributed by atoms with Crippen LogP contribution in [0, 0.1) is 34.6 Å². The van der Waals surface area contributed by atoms with E-state index in [0.29, 0.717) is 0 Å². The summed E-state index contributed by atoms with van der Waals surface area (Å²) in [5, 5.41) is 6.27. The Hall–Kier alpha value is -3.60. The molecule has 0 bridgehead atoms. The van der Waals surface area contributed by atoms with Gasteiger partial charge in [-0.15, -0.1) is 0 Å². The lowest BCUT2D eigenvalue weighted by atomic mass is 9.94. The van der Waals surface area contributed by atoms with Crippen molar-refractivity contribution in [3.8, 4) is 16.9 Å². The van der Waals surface area contributed by atoms with E-state index in [0.717, 1.165) is 59.8 Å². The number of unbranched alkanes of at least 4 members (excludes halogenated alkanes) is 1. The summed E-state index contributed by atoms with van der Waals surface area (Å²) in [6, 6.07) is 15.2. The van der Waals surface area contributed by atoms with E-state index in [-0.39, 0.29) is 0 Å². The van der Waals surface area contributed by atoms with Crippen molar-refractivity contribution in [1.29, 1.82) is 0 Å². The van der Waals surface area contributed by atoms with Crippen molar-refractivity contribution in [1.82, 2.24) is 19.2 Å². The first kappa shape index (κ1) is 24.1. The van der Waals surface area contributed by atoms with Crippen molar-refractivity contribution < 1.29 is 4.74 Å². The Labute approximate surface area is 213 Å². The van der Waals surface area contributed by atoms with Crippen molar-refractivity contribution >= 4 is 16.7 Å². The number of nitrogens with zero attached hydrogens (tertiary/aromatic N) is 4. The van der Waals surface area contributed by atoms with Gasteiger partial charge in [0, 0.05) is 17.6 Å². The summed E-state index contributed by atoms with van der Waals surface area (Å²) in [7, 11) is 1.71. The minimum Gasteiger partial charge on any atom is -0.497 e. The number of fused-ring (bicyclic) bond motifs is 3. The fraction of sp³-hybridized carbons (Fsp3) is 0.355. The first-order valence-electron chi connectivity index (χ1n) is 12.9. The van der Waals surface area contributed by atoms with Gasteiger partial charge < -0.3 is 9.30 Å². The lowest BCUT2D eigenvalue weighted by Crippen LogP contribution is -2.08. The molecule has 5 rings (SSSR count). The predicted octanol–water partition coefficient (Wildman–Crippen LogP) is 7.29. The van der Waals surface area contributed by atoms with Crippen LogP contribution >= 0.6 is 0 Å². The van der Waals surface area contributed by atoms with Crippen LogP contribution in [0.25, 0.3) is 27.8 Å². The van der Waals surface area contributed by atoms with Gasteiger partial charge >= 0.3 is 0 Å². The van der Waals surface area contributed by atoms with Gasteiger partial charge in [-0.3, -0.25) is 0 Å². The van der Waals surface area contributed by atoms with Crippen molar-refractivity contribution in [2.75, 3.05) is 7.11 Å².